The standard InChI is InChI=1S/C19H41NO7S.Na/c1-4-7-8-9-10-11-12-13-15-18(27-28(21,22)23)19(24-5-2,25-6-3)26-17-14-16-20;/h18H,4-17,20H2,1-3H3,(H,21,22,23);/q;+1/p-1. The Balaban J connectivity index is 0. The van der Waals surface area contributed by atoms with Crippen LogP contribution in [0.2, 0.25) is 0 Å². The maximum absolute atomic E-state index is 11.3. The molecule has 29 heavy (non-hydrogen) atoms. The molecule has 2 N–H and O–H groups in total. The van der Waals surface area contributed by atoms with Gasteiger partial charge in [0.1, 0.15) is 0 Å². The van der Waals surface area contributed by atoms with Gasteiger partial charge in [0, 0.05) is 13.2 Å². The van der Waals surface area contributed by atoms with E-state index in [2.05, 4.69) is 6.92 Å². The van der Waals surface area contributed by atoms with Crippen molar-refractivity contribution in [1.82, 2.24) is 0 Å². The summed E-state index contributed by atoms with van der Waals surface area (Å²) in [6.07, 6.45) is 8.31. The van der Waals surface area contributed by atoms with E-state index in [4.69, 9.17) is 24.1 Å². The molecule has 0 aromatic rings. The molecule has 10 heteroatoms. The zero-order valence-corrected chi connectivity index (χ0v) is 21.6. The molecule has 0 aromatic heterocycles. The van der Waals surface area contributed by atoms with E-state index in [0.29, 0.717) is 19.4 Å². The number of hydrogen-bond donors (Lipinski definition) is 1. The molecule has 0 saturated carbocycles. The van der Waals surface area contributed by atoms with Crippen LogP contribution in [0.5, 0.6) is 0 Å². The van der Waals surface area contributed by atoms with E-state index in [1.807, 2.05) is 0 Å². The first kappa shape index (κ1) is 31.9. The molecular formula is C19H40NNaO7S. The second-order valence-corrected chi connectivity index (χ2v) is 7.73. The molecule has 0 fully saturated rings. The van der Waals surface area contributed by atoms with Crippen molar-refractivity contribution in [3.8, 4) is 0 Å². The molecule has 1 unspecified atom stereocenters. The van der Waals surface area contributed by atoms with E-state index in [9.17, 15) is 13.0 Å². The van der Waals surface area contributed by atoms with Crippen molar-refractivity contribution >= 4 is 10.4 Å². The first-order valence-electron chi connectivity index (χ1n) is 10.6. The third-order valence-corrected chi connectivity index (χ3v) is 4.76. The van der Waals surface area contributed by atoms with Gasteiger partial charge in [0.15, 0.2) is 6.10 Å². The van der Waals surface area contributed by atoms with E-state index in [1.165, 1.54) is 25.7 Å². The van der Waals surface area contributed by atoms with Crippen LogP contribution in [0.1, 0.15) is 85.0 Å². The Morgan fingerprint density at radius 2 is 1.38 bits per heavy atom. The van der Waals surface area contributed by atoms with Crippen LogP contribution in [0.15, 0.2) is 0 Å². The van der Waals surface area contributed by atoms with Crippen LogP contribution in [0, 0.1) is 0 Å². The second kappa shape index (κ2) is 19.4. The molecule has 0 radical (unpaired) electrons. The van der Waals surface area contributed by atoms with E-state index >= 15 is 0 Å². The van der Waals surface area contributed by atoms with Gasteiger partial charge in [-0.2, -0.15) is 0 Å². The summed E-state index contributed by atoms with van der Waals surface area (Å²) in [4.78, 5) is 0. The van der Waals surface area contributed by atoms with Gasteiger partial charge in [-0.3, -0.25) is 4.18 Å². The molecule has 0 aliphatic rings. The van der Waals surface area contributed by atoms with Crippen LogP contribution in [-0.4, -0.2) is 51.4 Å². The zero-order valence-electron chi connectivity index (χ0n) is 18.8. The van der Waals surface area contributed by atoms with Crippen molar-refractivity contribution in [3.05, 3.63) is 0 Å². The minimum atomic E-state index is -4.95. The van der Waals surface area contributed by atoms with E-state index < -0.39 is 22.5 Å². The quantitative estimate of drug-likeness (QED) is 0.0936. The average Bonchev–Trinajstić information content (AvgIpc) is 2.62. The minimum Gasteiger partial charge on any atom is -0.726 e. The molecule has 0 bridgehead atoms. The van der Waals surface area contributed by atoms with Crippen LogP contribution < -0.4 is 35.3 Å². The van der Waals surface area contributed by atoms with Crippen LogP contribution >= 0.6 is 0 Å². The fourth-order valence-corrected chi connectivity index (χ4v) is 3.49. The fraction of sp³-hybridized carbons (Fsp3) is 1.00. The van der Waals surface area contributed by atoms with Gasteiger partial charge >= 0.3 is 35.5 Å². The predicted molar refractivity (Wildman–Crippen MR) is 107 cm³/mol. The third kappa shape index (κ3) is 16.1. The Bertz CT molecular complexity index is 459. The van der Waals surface area contributed by atoms with Gasteiger partial charge in [-0.1, -0.05) is 58.3 Å². The summed E-state index contributed by atoms with van der Waals surface area (Å²) in [6.45, 7) is 6.67. The molecule has 0 spiro atoms. The number of ether oxygens (including phenoxy) is 3. The number of unbranched alkanes of at least 4 members (excludes halogenated alkanes) is 7. The molecule has 0 amide bonds. The summed E-state index contributed by atoms with van der Waals surface area (Å²) in [7, 11) is -4.95. The van der Waals surface area contributed by atoms with Crippen LogP contribution in [0.25, 0.3) is 0 Å². The summed E-state index contributed by atoms with van der Waals surface area (Å²) in [5.74, 6) is -1.74. The molecule has 0 aromatic carbocycles. The van der Waals surface area contributed by atoms with E-state index in [0.717, 1.165) is 19.3 Å². The van der Waals surface area contributed by atoms with Crippen molar-refractivity contribution in [2.75, 3.05) is 26.4 Å². The van der Waals surface area contributed by atoms with Gasteiger partial charge in [-0.05, 0) is 33.2 Å². The monoisotopic (exact) mass is 449 g/mol. The Hall–Kier alpha value is 0.710. The molecule has 0 saturated heterocycles. The maximum Gasteiger partial charge on any atom is 1.00 e. The van der Waals surface area contributed by atoms with E-state index in [-0.39, 0.29) is 55.8 Å². The summed E-state index contributed by atoms with van der Waals surface area (Å²) in [5, 5.41) is 0. The van der Waals surface area contributed by atoms with Gasteiger partial charge in [0.2, 0.25) is 10.4 Å². The van der Waals surface area contributed by atoms with Gasteiger partial charge in [-0.15, -0.1) is 0 Å². The van der Waals surface area contributed by atoms with Crippen LogP contribution in [0.3, 0.4) is 0 Å². The second-order valence-electron chi connectivity index (χ2n) is 6.72. The third-order valence-electron chi connectivity index (χ3n) is 4.29. The summed E-state index contributed by atoms with van der Waals surface area (Å²) < 4.78 is 55.7. The first-order chi connectivity index (χ1) is 13.3. The maximum atomic E-state index is 11.3. The molecule has 1 atom stereocenters. The summed E-state index contributed by atoms with van der Waals surface area (Å²) in [6, 6.07) is 0. The van der Waals surface area contributed by atoms with E-state index in [1.54, 1.807) is 13.8 Å². The molecule has 170 valence electrons. The Kier molecular flexibility index (Phi) is 21.3. The SMILES string of the molecule is CCCCCCCCCCC(OS(=O)(=O)[O-])C(OCC)(OCC)OCCCN.[Na+]. The normalized spacial score (nSPS) is 13.3. The van der Waals surface area contributed by atoms with Crippen molar-refractivity contribution < 1.29 is 60.9 Å². The van der Waals surface area contributed by atoms with Gasteiger partial charge in [-0.25, -0.2) is 8.42 Å². The number of nitrogens with two attached hydrogens (primary N) is 1. The summed E-state index contributed by atoms with van der Waals surface area (Å²) in [5.41, 5.74) is 5.50. The topological polar surface area (TPSA) is 120 Å². The average molecular weight is 450 g/mol. The van der Waals surface area contributed by atoms with Crippen molar-refractivity contribution in [2.24, 2.45) is 5.73 Å². The number of rotatable bonds is 20. The zero-order chi connectivity index (χ0) is 21.3. The Morgan fingerprint density at radius 3 is 1.83 bits per heavy atom. The molecular weight excluding hydrogens is 409 g/mol. The van der Waals surface area contributed by atoms with Crippen molar-refractivity contribution in [3.63, 3.8) is 0 Å². The van der Waals surface area contributed by atoms with Gasteiger partial charge in [0.25, 0.3) is 0 Å². The smallest absolute Gasteiger partial charge is 0.726 e. The molecule has 0 aliphatic heterocycles. The van der Waals surface area contributed by atoms with Crippen molar-refractivity contribution in [1.29, 1.82) is 0 Å². The van der Waals surface area contributed by atoms with Crippen LogP contribution in [-0.2, 0) is 28.8 Å². The Labute approximate surface area is 199 Å². The molecule has 0 aliphatic carbocycles. The van der Waals surface area contributed by atoms with Gasteiger partial charge in [0.05, 0.1) is 6.61 Å². The van der Waals surface area contributed by atoms with Crippen molar-refractivity contribution in [2.45, 2.75) is 97.1 Å². The Morgan fingerprint density at radius 1 is 0.862 bits per heavy atom. The first-order valence-corrected chi connectivity index (χ1v) is 11.9. The molecule has 8 nitrogen and oxygen atoms in total. The molecule has 0 heterocycles. The molecule has 0 rings (SSSR count). The van der Waals surface area contributed by atoms with Crippen LogP contribution in [0.4, 0.5) is 0 Å². The summed E-state index contributed by atoms with van der Waals surface area (Å²) >= 11 is 0. The number of hydrogen-bond acceptors (Lipinski definition) is 8. The largest absolute Gasteiger partial charge is 1.00 e. The van der Waals surface area contributed by atoms with Gasteiger partial charge < -0.3 is 24.5 Å². The fourth-order valence-electron chi connectivity index (χ4n) is 2.99. The minimum absolute atomic E-state index is 0. The predicted octanol–water partition coefficient (Wildman–Crippen LogP) is 0.459.